The van der Waals surface area contributed by atoms with Crippen LogP contribution in [0.2, 0.25) is 0 Å². The van der Waals surface area contributed by atoms with Gasteiger partial charge in [0, 0.05) is 31.4 Å². The highest BCUT2D eigenvalue weighted by atomic mass is 32.1. The maximum atomic E-state index is 12.2. The summed E-state index contributed by atoms with van der Waals surface area (Å²) >= 11 is 1.63. The molecule has 1 aliphatic heterocycles. The molecule has 6 heteroatoms. The normalized spacial score (nSPS) is 16.4. The topological polar surface area (TPSA) is 71.2 Å². The Labute approximate surface area is 118 Å². The number of thiazole rings is 1. The molecule has 1 aromatic rings. The van der Waals surface area contributed by atoms with Gasteiger partial charge in [0.25, 0.3) is 0 Å². The minimum Gasteiger partial charge on any atom is -0.341 e. The summed E-state index contributed by atoms with van der Waals surface area (Å²) in [6.45, 7) is 4.25. The van der Waals surface area contributed by atoms with E-state index in [1.54, 1.807) is 11.3 Å². The first-order valence-corrected chi connectivity index (χ1v) is 7.79. The zero-order valence-electron chi connectivity index (χ0n) is 11.2. The number of aryl methyl sites for hydroxylation is 1. The van der Waals surface area contributed by atoms with Gasteiger partial charge in [-0.05, 0) is 25.9 Å². The van der Waals surface area contributed by atoms with Gasteiger partial charge in [-0.25, -0.2) is 4.98 Å². The molecular weight excluding hydrogens is 260 g/mol. The molecule has 0 aliphatic carbocycles. The molecule has 3 N–H and O–H groups in total. The van der Waals surface area contributed by atoms with Gasteiger partial charge in [-0.2, -0.15) is 0 Å². The fraction of sp³-hybridized carbons (Fsp3) is 0.692. The third kappa shape index (κ3) is 4.56. The Hall–Kier alpha value is -0.980. The van der Waals surface area contributed by atoms with E-state index in [1.807, 2.05) is 10.3 Å². The summed E-state index contributed by atoms with van der Waals surface area (Å²) in [5.41, 5.74) is 6.39. The molecular formula is C13H22N4OS. The lowest BCUT2D eigenvalue weighted by molar-refractivity contribution is -0.130. The van der Waals surface area contributed by atoms with Gasteiger partial charge in [-0.15, -0.1) is 11.3 Å². The standard InChI is InChI=1S/C13H22N4OS/c14-4-1-3-12-16-11(10-19-12)9-13(18)17-7-2-5-15-6-8-17/h10,15H,1-9,14H2. The van der Waals surface area contributed by atoms with E-state index in [2.05, 4.69) is 10.3 Å². The van der Waals surface area contributed by atoms with Crippen molar-refractivity contribution in [3.8, 4) is 0 Å². The molecule has 0 saturated carbocycles. The molecule has 0 aromatic carbocycles. The predicted octanol–water partition coefficient (Wildman–Crippen LogP) is 0.399. The largest absolute Gasteiger partial charge is 0.341 e. The maximum absolute atomic E-state index is 12.2. The number of nitrogens with two attached hydrogens (primary N) is 1. The molecule has 0 unspecified atom stereocenters. The molecule has 0 radical (unpaired) electrons. The first-order chi connectivity index (χ1) is 9.29. The quantitative estimate of drug-likeness (QED) is 0.820. The van der Waals surface area contributed by atoms with Crippen LogP contribution >= 0.6 is 11.3 Å². The highest BCUT2D eigenvalue weighted by Gasteiger charge is 2.16. The van der Waals surface area contributed by atoms with Crippen molar-refractivity contribution in [1.82, 2.24) is 15.2 Å². The van der Waals surface area contributed by atoms with Gasteiger partial charge in [-0.3, -0.25) is 4.79 Å². The Balaban J connectivity index is 1.85. The molecule has 1 aliphatic rings. The summed E-state index contributed by atoms with van der Waals surface area (Å²) in [5, 5.41) is 6.39. The number of rotatable bonds is 5. The van der Waals surface area contributed by atoms with Crippen LogP contribution in [-0.2, 0) is 17.6 Å². The van der Waals surface area contributed by atoms with E-state index in [-0.39, 0.29) is 5.91 Å². The molecule has 1 fully saturated rings. The monoisotopic (exact) mass is 282 g/mol. The molecule has 2 heterocycles. The zero-order chi connectivity index (χ0) is 13.5. The maximum Gasteiger partial charge on any atom is 0.228 e. The fourth-order valence-electron chi connectivity index (χ4n) is 2.16. The van der Waals surface area contributed by atoms with Crippen LogP contribution in [0.15, 0.2) is 5.38 Å². The number of hydrogen-bond donors (Lipinski definition) is 2. The summed E-state index contributed by atoms with van der Waals surface area (Å²) in [6, 6.07) is 0. The predicted molar refractivity (Wildman–Crippen MR) is 77.3 cm³/mol. The smallest absolute Gasteiger partial charge is 0.228 e. The fourth-order valence-corrected chi connectivity index (χ4v) is 3.00. The number of carbonyl (C=O) groups excluding carboxylic acids is 1. The average Bonchev–Trinajstić information content (AvgIpc) is 2.68. The van der Waals surface area contributed by atoms with Crippen molar-refractivity contribution in [2.45, 2.75) is 25.7 Å². The van der Waals surface area contributed by atoms with Crippen molar-refractivity contribution in [2.24, 2.45) is 5.73 Å². The molecule has 0 bridgehead atoms. The van der Waals surface area contributed by atoms with Crippen molar-refractivity contribution in [3.63, 3.8) is 0 Å². The van der Waals surface area contributed by atoms with Gasteiger partial charge in [0.1, 0.15) is 0 Å². The van der Waals surface area contributed by atoms with Gasteiger partial charge in [0.15, 0.2) is 0 Å². The summed E-state index contributed by atoms with van der Waals surface area (Å²) in [7, 11) is 0. The van der Waals surface area contributed by atoms with Gasteiger partial charge >= 0.3 is 0 Å². The van der Waals surface area contributed by atoms with E-state index in [4.69, 9.17) is 5.73 Å². The SMILES string of the molecule is NCCCc1nc(CC(=O)N2CCCNCC2)cs1. The number of amides is 1. The third-order valence-electron chi connectivity index (χ3n) is 3.22. The number of aromatic nitrogens is 1. The van der Waals surface area contributed by atoms with Gasteiger partial charge in [0.2, 0.25) is 5.91 Å². The first-order valence-electron chi connectivity index (χ1n) is 6.91. The van der Waals surface area contributed by atoms with Crippen molar-refractivity contribution in [2.75, 3.05) is 32.7 Å². The van der Waals surface area contributed by atoms with Crippen LogP contribution in [0, 0.1) is 0 Å². The molecule has 1 aromatic heterocycles. The molecule has 5 nitrogen and oxygen atoms in total. The van der Waals surface area contributed by atoms with Crippen LogP contribution < -0.4 is 11.1 Å². The number of nitrogens with one attached hydrogen (secondary N) is 1. The Bertz CT molecular complexity index is 399. The van der Waals surface area contributed by atoms with Gasteiger partial charge in [-0.1, -0.05) is 0 Å². The summed E-state index contributed by atoms with van der Waals surface area (Å²) in [5.74, 6) is 0.194. The van der Waals surface area contributed by atoms with E-state index in [9.17, 15) is 4.79 Å². The zero-order valence-corrected chi connectivity index (χ0v) is 12.0. The summed E-state index contributed by atoms with van der Waals surface area (Å²) in [6.07, 6.45) is 3.34. The average molecular weight is 282 g/mol. The minimum absolute atomic E-state index is 0.194. The molecule has 106 valence electrons. The van der Waals surface area contributed by atoms with E-state index in [0.29, 0.717) is 13.0 Å². The lowest BCUT2D eigenvalue weighted by atomic mass is 10.2. The van der Waals surface area contributed by atoms with Crippen molar-refractivity contribution in [1.29, 1.82) is 0 Å². The first kappa shape index (κ1) is 14.4. The second-order valence-electron chi connectivity index (χ2n) is 4.79. The van der Waals surface area contributed by atoms with Gasteiger partial charge < -0.3 is 16.0 Å². The Morgan fingerprint density at radius 1 is 1.47 bits per heavy atom. The summed E-state index contributed by atoms with van der Waals surface area (Å²) < 4.78 is 0. The van der Waals surface area contributed by atoms with Crippen LogP contribution in [0.25, 0.3) is 0 Å². The molecule has 0 spiro atoms. The van der Waals surface area contributed by atoms with Crippen LogP contribution in [0.4, 0.5) is 0 Å². The summed E-state index contributed by atoms with van der Waals surface area (Å²) in [4.78, 5) is 18.6. The lowest BCUT2D eigenvalue weighted by Crippen LogP contribution is -2.35. The second-order valence-corrected chi connectivity index (χ2v) is 5.73. The number of hydrogen-bond acceptors (Lipinski definition) is 5. The van der Waals surface area contributed by atoms with Crippen LogP contribution in [-0.4, -0.2) is 48.5 Å². The van der Waals surface area contributed by atoms with E-state index in [1.165, 1.54) is 0 Å². The lowest BCUT2D eigenvalue weighted by Gasteiger charge is -2.19. The molecule has 1 saturated heterocycles. The second kappa shape index (κ2) is 7.57. The highest BCUT2D eigenvalue weighted by Crippen LogP contribution is 2.13. The van der Waals surface area contributed by atoms with Crippen LogP contribution in [0.1, 0.15) is 23.5 Å². The molecule has 0 atom stereocenters. The molecule has 2 rings (SSSR count). The van der Waals surface area contributed by atoms with E-state index < -0.39 is 0 Å². The van der Waals surface area contributed by atoms with Gasteiger partial charge in [0.05, 0.1) is 17.1 Å². The van der Waals surface area contributed by atoms with E-state index >= 15 is 0 Å². The molecule has 1 amide bonds. The van der Waals surface area contributed by atoms with Crippen molar-refractivity contribution >= 4 is 17.2 Å². The number of nitrogens with zero attached hydrogens (tertiary/aromatic N) is 2. The Morgan fingerprint density at radius 2 is 2.37 bits per heavy atom. The molecule has 19 heavy (non-hydrogen) atoms. The third-order valence-corrected chi connectivity index (χ3v) is 4.18. The number of carbonyl (C=O) groups is 1. The van der Waals surface area contributed by atoms with Crippen LogP contribution in [0.3, 0.4) is 0 Å². The Kier molecular flexibility index (Phi) is 5.75. The van der Waals surface area contributed by atoms with Crippen molar-refractivity contribution in [3.05, 3.63) is 16.1 Å². The van der Waals surface area contributed by atoms with Crippen LogP contribution in [0.5, 0.6) is 0 Å². The van der Waals surface area contributed by atoms with E-state index in [0.717, 1.165) is 56.1 Å². The highest BCUT2D eigenvalue weighted by molar-refractivity contribution is 7.09. The Morgan fingerprint density at radius 3 is 3.21 bits per heavy atom. The van der Waals surface area contributed by atoms with Crippen molar-refractivity contribution < 1.29 is 4.79 Å². The minimum atomic E-state index is 0.194.